The Kier molecular flexibility index (Phi) is 4.61. The van der Waals surface area contributed by atoms with E-state index in [0.717, 1.165) is 5.75 Å². The molecule has 23 heavy (non-hydrogen) atoms. The summed E-state index contributed by atoms with van der Waals surface area (Å²) in [6, 6.07) is 5.75. The zero-order valence-corrected chi connectivity index (χ0v) is 12.9. The molecule has 0 saturated carbocycles. The molecular formula is C15H14FN3O3S. The average Bonchev–Trinajstić information content (AvgIpc) is 3.01. The Bertz CT molecular complexity index is 794. The van der Waals surface area contributed by atoms with Crippen molar-refractivity contribution in [1.82, 2.24) is 14.9 Å². The zero-order chi connectivity index (χ0) is 16.2. The van der Waals surface area contributed by atoms with Crippen molar-refractivity contribution in [2.45, 2.75) is 11.7 Å². The third-order valence-corrected chi connectivity index (χ3v) is 4.22. The van der Waals surface area contributed by atoms with Gasteiger partial charge in [0.1, 0.15) is 23.7 Å². The lowest BCUT2D eigenvalue weighted by molar-refractivity contribution is 0.0944. The Morgan fingerprint density at radius 1 is 1.48 bits per heavy atom. The fourth-order valence-electron chi connectivity index (χ4n) is 2.16. The van der Waals surface area contributed by atoms with Crippen LogP contribution in [0.15, 0.2) is 40.4 Å². The summed E-state index contributed by atoms with van der Waals surface area (Å²) in [6.45, 7) is 0.936. The van der Waals surface area contributed by atoms with E-state index in [-0.39, 0.29) is 30.1 Å². The van der Waals surface area contributed by atoms with Crippen LogP contribution in [0.4, 0.5) is 4.39 Å². The van der Waals surface area contributed by atoms with E-state index in [1.807, 2.05) is 0 Å². The van der Waals surface area contributed by atoms with E-state index < -0.39 is 5.91 Å². The van der Waals surface area contributed by atoms with Crippen molar-refractivity contribution in [3.05, 3.63) is 52.2 Å². The molecule has 1 aliphatic rings. The quantitative estimate of drug-likeness (QED) is 0.658. The maximum absolute atomic E-state index is 13.0. The molecule has 0 bridgehead atoms. The van der Waals surface area contributed by atoms with Crippen molar-refractivity contribution in [2.75, 3.05) is 18.9 Å². The lowest BCUT2D eigenvalue weighted by Gasteiger charge is -2.08. The molecule has 2 aromatic rings. The molecule has 1 aromatic carbocycles. The molecule has 0 fully saturated rings. The van der Waals surface area contributed by atoms with E-state index in [0.29, 0.717) is 17.5 Å². The highest BCUT2D eigenvalue weighted by Crippen LogP contribution is 2.20. The van der Waals surface area contributed by atoms with E-state index in [4.69, 9.17) is 4.74 Å². The van der Waals surface area contributed by atoms with Crippen LogP contribution in [-0.2, 0) is 6.54 Å². The van der Waals surface area contributed by atoms with Gasteiger partial charge in [0.05, 0.1) is 6.54 Å². The second-order valence-electron chi connectivity index (χ2n) is 4.82. The van der Waals surface area contributed by atoms with Crippen LogP contribution in [0, 0.1) is 5.82 Å². The van der Waals surface area contributed by atoms with Crippen LogP contribution >= 0.6 is 11.8 Å². The standard InChI is InChI=1S/C15H14FN3O3S/c16-10-2-1-3-11(8-10)22-6-4-17-13(20)12-9-18-15-19(14(12)21)5-7-23-15/h1-3,8-9H,4-7H2,(H,17,20). The maximum atomic E-state index is 13.0. The lowest BCUT2D eigenvalue weighted by Crippen LogP contribution is -2.35. The van der Waals surface area contributed by atoms with Gasteiger partial charge in [0.25, 0.3) is 11.5 Å². The minimum absolute atomic E-state index is 0.0157. The van der Waals surface area contributed by atoms with E-state index in [9.17, 15) is 14.0 Å². The molecule has 3 rings (SSSR count). The van der Waals surface area contributed by atoms with Gasteiger partial charge in [0.2, 0.25) is 0 Å². The predicted octanol–water partition coefficient (Wildman–Crippen LogP) is 1.30. The highest BCUT2D eigenvalue weighted by molar-refractivity contribution is 7.99. The molecule has 0 aliphatic carbocycles. The van der Waals surface area contributed by atoms with Gasteiger partial charge < -0.3 is 10.1 Å². The number of aromatic nitrogens is 2. The van der Waals surface area contributed by atoms with Gasteiger partial charge >= 0.3 is 0 Å². The Morgan fingerprint density at radius 3 is 3.17 bits per heavy atom. The number of rotatable bonds is 5. The van der Waals surface area contributed by atoms with Crippen molar-refractivity contribution in [3.8, 4) is 5.75 Å². The first-order chi connectivity index (χ1) is 11.1. The highest BCUT2D eigenvalue weighted by atomic mass is 32.2. The fourth-order valence-corrected chi connectivity index (χ4v) is 3.07. The number of thioether (sulfide) groups is 1. The Morgan fingerprint density at radius 2 is 2.35 bits per heavy atom. The predicted molar refractivity (Wildman–Crippen MR) is 83.4 cm³/mol. The topological polar surface area (TPSA) is 73.2 Å². The summed E-state index contributed by atoms with van der Waals surface area (Å²) in [7, 11) is 0. The van der Waals surface area contributed by atoms with Crippen LogP contribution in [0.1, 0.15) is 10.4 Å². The average molecular weight is 335 g/mol. The summed E-state index contributed by atoms with van der Waals surface area (Å²) in [5.41, 5.74) is -0.314. The summed E-state index contributed by atoms with van der Waals surface area (Å²) in [5, 5.41) is 3.24. The number of carbonyl (C=O) groups is 1. The number of ether oxygens (including phenoxy) is 1. The van der Waals surface area contributed by atoms with Gasteiger partial charge in [-0.3, -0.25) is 14.2 Å². The number of fused-ring (bicyclic) bond motifs is 1. The molecule has 6 nitrogen and oxygen atoms in total. The van der Waals surface area contributed by atoms with Gasteiger partial charge in [-0.1, -0.05) is 17.8 Å². The van der Waals surface area contributed by atoms with Crippen LogP contribution in [0.5, 0.6) is 5.75 Å². The number of halogens is 1. The first kappa shape index (κ1) is 15.5. The SMILES string of the molecule is O=C(NCCOc1cccc(F)c1)c1cnc2n(c1=O)CCS2. The number of hydrogen-bond acceptors (Lipinski definition) is 5. The summed E-state index contributed by atoms with van der Waals surface area (Å²) in [5.74, 6) is 0.296. The zero-order valence-electron chi connectivity index (χ0n) is 12.1. The summed E-state index contributed by atoms with van der Waals surface area (Å²) in [6.07, 6.45) is 1.30. The van der Waals surface area contributed by atoms with Crippen LogP contribution in [0.3, 0.4) is 0 Å². The number of nitrogens with zero attached hydrogens (tertiary/aromatic N) is 2. The first-order valence-corrected chi connectivity index (χ1v) is 8.03. The molecular weight excluding hydrogens is 321 g/mol. The fraction of sp³-hybridized carbons (Fsp3) is 0.267. The van der Waals surface area contributed by atoms with Crippen molar-refractivity contribution in [1.29, 1.82) is 0 Å². The van der Waals surface area contributed by atoms with Gasteiger partial charge in [-0.25, -0.2) is 9.37 Å². The Balaban J connectivity index is 1.55. The van der Waals surface area contributed by atoms with Gasteiger partial charge in [-0.2, -0.15) is 0 Å². The molecule has 1 aromatic heterocycles. The van der Waals surface area contributed by atoms with Gasteiger partial charge in [-0.15, -0.1) is 0 Å². The third kappa shape index (κ3) is 3.53. The van der Waals surface area contributed by atoms with Gasteiger partial charge in [-0.05, 0) is 12.1 Å². The van der Waals surface area contributed by atoms with Crippen molar-refractivity contribution >= 4 is 17.7 Å². The first-order valence-electron chi connectivity index (χ1n) is 7.04. The van der Waals surface area contributed by atoms with Crippen LogP contribution in [0.2, 0.25) is 0 Å². The summed E-state index contributed by atoms with van der Waals surface area (Å²) in [4.78, 5) is 28.3. The Hall–Kier alpha value is -2.35. The van der Waals surface area contributed by atoms with E-state index >= 15 is 0 Å². The molecule has 2 heterocycles. The maximum Gasteiger partial charge on any atom is 0.267 e. The lowest BCUT2D eigenvalue weighted by atomic mass is 10.3. The number of amides is 1. The van der Waals surface area contributed by atoms with E-state index in [1.54, 1.807) is 12.1 Å². The molecule has 1 aliphatic heterocycles. The van der Waals surface area contributed by atoms with Crippen LogP contribution in [0.25, 0.3) is 0 Å². The minimum Gasteiger partial charge on any atom is -0.492 e. The molecule has 1 amide bonds. The van der Waals surface area contributed by atoms with Gasteiger partial charge in [0.15, 0.2) is 5.16 Å². The minimum atomic E-state index is -0.488. The second kappa shape index (κ2) is 6.82. The molecule has 0 saturated heterocycles. The number of nitrogens with one attached hydrogen (secondary N) is 1. The number of hydrogen-bond donors (Lipinski definition) is 1. The summed E-state index contributed by atoms with van der Waals surface area (Å²) < 4.78 is 19.8. The molecule has 0 unspecified atom stereocenters. The van der Waals surface area contributed by atoms with Crippen molar-refractivity contribution in [3.63, 3.8) is 0 Å². The van der Waals surface area contributed by atoms with Crippen molar-refractivity contribution < 1.29 is 13.9 Å². The molecule has 1 N–H and O–H groups in total. The highest BCUT2D eigenvalue weighted by Gasteiger charge is 2.19. The third-order valence-electron chi connectivity index (χ3n) is 3.25. The molecule has 0 radical (unpaired) electrons. The second-order valence-corrected chi connectivity index (χ2v) is 5.88. The van der Waals surface area contributed by atoms with E-state index in [1.165, 1.54) is 34.7 Å². The monoisotopic (exact) mass is 335 g/mol. The smallest absolute Gasteiger partial charge is 0.267 e. The van der Waals surface area contributed by atoms with E-state index in [2.05, 4.69) is 10.3 Å². The Labute approximate surface area is 135 Å². The normalized spacial score (nSPS) is 12.7. The molecule has 0 spiro atoms. The number of benzene rings is 1. The van der Waals surface area contributed by atoms with Crippen LogP contribution in [-0.4, -0.2) is 34.4 Å². The van der Waals surface area contributed by atoms with Crippen LogP contribution < -0.4 is 15.6 Å². The number of carbonyl (C=O) groups excluding carboxylic acids is 1. The largest absolute Gasteiger partial charge is 0.492 e. The molecule has 0 atom stereocenters. The van der Waals surface area contributed by atoms with Gasteiger partial charge in [0, 0.05) is 24.6 Å². The molecule has 120 valence electrons. The molecule has 8 heteroatoms. The van der Waals surface area contributed by atoms with Crippen molar-refractivity contribution in [2.24, 2.45) is 0 Å². The summed E-state index contributed by atoms with van der Waals surface area (Å²) >= 11 is 1.49.